The van der Waals surface area contributed by atoms with E-state index in [2.05, 4.69) is 5.32 Å². The third kappa shape index (κ3) is 6.55. The number of carbonyl (C=O) groups excluding carboxylic acids is 2. The van der Waals surface area contributed by atoms with Crippen molar-refractivity contribution in [1.82, 2.24) is 10.2 Å². The molecule has 0 spiro atoms. The Morgan fingerprint density at radius 2 is 1.65 bits per heavy atom. The first kappa shape index (κ1) is 17.1. The lowest BCUT2D eigenvalue weighted by atomic mass is 10.3. The van der Waals surface area contributed by atoms with Gasteiger partial charge in [-0.3, -0.25) is 9.59 Å². The first-order valence-electron chi connectivity index (χ1n) is 4.93. The van der Waals surface area contributed by atoms with Gasteiger partial charge in [-0.1, -0.05) is 23.2 Å². The van der Waals surface area contributed by atoms with E-state index in [0.29, 0.717) is 24.8 Å². The van der Waals surface area contributed by atoms with Crippen molar-refractivity contribution in [3.05, 3.63) is 0 Å². The second-order valence-corrected chi connectivity index (χ2v) is 5.09. The summed E-state index contributed by atoms with van der Waals surface area (Å²) in [5.74, 6) is -0.270. The predicted molar refractivity (Wildman–Crippen MR) is 71.1 cm³/mol. The topological polar surface area (TPSA) is 49.4 Å². The lowest BCUT2D eigenvalue weighted by molar-refractivity contribution is -0.135. The fraction of sp³-hybridized carbons (Fsp3) is 0.778. The Kier molecular flexibility index (Phi) is 9.14. The predicted octanol–water partition coefficient (Wildman–Crippen LogP) is 1.60. The maximum atomic E-state index is 11.9. The minimum absolute atomic E-state index is 0.270. The third-order valence-electron chi connectivity index (χ3n) is 1.95. The monoisotopic (exact) mass is 322 g/mol. The zero-order valence-electron chi connectivity index (χ0n) is 9.26. The van der Waals surface area contributed by atoms with Crippen LogP contribution < -0.4 is 5.32 Å². The molecule has 4 nitrogen and oxygen atoms in total. The van der Waals surface area contributed by atoms with Crippen molar-refractivity contribution >= 4 is 58.2 Å². The van der Waals surface area contributed by atoms with Crippen molar-refractivity contribution in [1.29, 1.82) is 0 Å². The van der Waals surface area contributed by atoms with E-state index in [9.17, 15) is 9.59 Å². The van der Waals surface area contributed by atoms with Gasteiger partial charge in [-0.15, -0.1) is 23.2 Å². The summed E-state index contributed by atoms with van der Waals surface area (Å²) in [4.78, 5) is 23.4. The van der Waals surface area contributed by atoms with Gasteiger partial charge in [-0.25, -0.2) is 0 Å². The SMILES string of the molecule is C[C@@H](NC(=O)C(Cl)Cl)C(=O)N(CCCl)CCCl. The molecule has 0 saturated heterocycles. The van der Waals surface area contributed by atoms with E-state index in [4.69, 9.17) is 46.4 Å². The summed E-state index contributed by atoms with van der Waals surface area (Å²) < 4.78 is 0. The Bertz CT molecular complexity index is 257. The fourth-order valence-electron chi connectivity index (χ4n) is 1.15. The normalized spacial score (nSPS) is 12.4. The van der Waals surface area contributed by atoms with Crippen LogP contribution in [-0.2, 0) is 9.59 Å². The Labute approximate surface area is 121 Å². The van der Waals surface area contributed by atoms with Crippen LogP contribution in [0.1, 0.15) is 6.92 Å². The molecule has 0 radical (unpaired) electrons. The number of halogens is 4. The molecular formula is C9H14Cl4N2O2. The zero-order chi connectivity index (χ0) is 13.4. The van der Waals surface area contributed by atoms with Crippen LogP contribution in [0.15, 0.2) is 0 Å². The molecule has 0 aromatic rings. The maximum Gasteiger partial charge on any atom is 0.253 e. The summed E-state index contributed by atoms with van der Waals surface area (Å²) in [6.45, 7) is 2.29. The highest BCUT2D eigenvalue weighted by molar-refractivity contribution is 6.53. The molecule has 0 aromatic heterocycles. The van der Waals surface area contributed by atoms with Gasteiger partial charge >= 0.3 is 0 Å². The van der Waals surface area contributed by atoms with Crippen LogP contribution in [0.4, 0.5) is 0 Å². The van der Waals surface area contributed by atoms with Crippen molar-refractivity contribution < 1.29 is 9.59 Å². The summed E-state index contributed by atoms with van der Waals surface area (Å²) in [6, 6.07) is -0.714. The largest absolute Gasteiger partial charge is 0.342 e. The first-order chi connectivity index (χ1) is 7.93. The molecule has 0 aliphatic rings. The quantitative estimate of drug-likeness (QED) is 0.723. The molecule has 17 heavy (non-hydrogen) atoms. The minimum atomic E-state index is -1.19. The minimum Gasteiger partial charge on any atom is -0.342 e. The number of alkyl halides is 4. The van der Waals surface area contributed by atoms with E-state index in [1.165, 1.54) is 4.90 Å². The smallest absolute Gasteiger partial charge is 0.253 e. The molecule has 0 aliphatic heterocycles. The number of hydrogen-bond acceptors (Lipinski definition) is 2. The van der Waals surface area contributed by atoms with E-state index < -0.39 is 16.8 Å². The molecule has 1 N–H and O–H groups in total. The number of amides is 2. The highest BCUT2D eigenvalue weighted by atomic mass is 35.5. The molecule has 8 heteroatoms. The molecule has 0 unspecified atom stereocenters. The van der Waals surface area contributed by atoms with Gasteiger partial charge in [0.25, 0.3) is 5.91 Å². The molecule has 0 heterocycles. The van der Waals surface area contributed by atoms with Crippen LogP contribution in [0.5, 0.6) is 0 Å². The van der Waals surface area contributed by atoms with Gasteiger partial charge in [-0.2, -0.15) is 0 Å². The molecule has 0 aliphatic carbocycles. The molecule has 0 fully saturated rings. The van der Waals surface area contributed by atoms with Gasteiger partial charge in [-0.05, 0) is 6.92 Å². The van der Waals surface area contributed by atoms with Gasteiger partial charge in [0.05, 0.1) is 0 Å². The first-order valence-corrected chi connectivity index (χ1v) is 6.87. The number of carbonyl (C=O) groups is 2. The van der Waals surface area contributed by atoms with Crippen LogP contribution in [0.25, 0.3) is 0 Å². The van der Waals surface area contributed by atoms with Crippen molar-refractivity contribution in [3.63, 3.8) is 0 Å². The number of rotatable bonds is 7. The maximum absolute atomic E-state index is 11.9. The Morgan fingerprint density at radius 3 is 2.00 bits per heavy atom. The van der Waals surface area contributed by atoms with Gasteiger partial charge in [0, 0.05) is 24.8 Å². The van der Waals surface area contributed by atoms with Crippen LogP contribution >= 0.6 is 46.4 Å². The standard InChI is InChI=1S/C9H14Cl4N2O2/c1-6(14-8(16)7(12)13)9(17)15(4-2-10)5-3-11/h6-7H,2-5H2,1H3,(H,14,16)/t6-/m1/s1. The van der Waals surface area contributed by atoms with E-state index in [-0.39, 0.29) is 5.91 Å². The fourth-order valence-corrected chi connectivity index (χ4v) is 1.68. The second-order valence-electron chi connectivity index (χ2n) is 3.23. The number of hydrogen-bond donors (Lipinski definition) is 1. The van der Waals surface area contributed by atoms with Crippen LogP contribution in [-0.4, -0.2) is 52.4 Å². The Balaban J connectivity index is 4.38. The highest BCUT2D eigenvalue weighted by Crippen LogP contribution is 2.03. The summed E-state index contributed by atoms with van der Waals surface area (Å²) in [5, 5.41) is 2.40. The average Bonchev–Trinajstić information content (AvgIpc) is 2.27. The summed E-state index contributed by atoms with van der Waals surface area (Å²) in [6.07, 6.45) is 0. The van der Waals surface area contributed by atoms with Crippen LogP contribution in [0, 0.1) is 0 Å². The third-order valence-corrected chi connectivity index (χ3v) is 2.68. The average molecular weight is 324 g/mol. The van der Waals surface area contributed by atoms with E-state index in [1.54, 1.807) is 6.92 Å². The van der Waals surface area contributed by atoms with Gasteiger partial charge in [0.1, 0.15) is 6.04 Å². The van der Waals surface area contributed by atoms with Gasteiger partial charge < -0.3 is 10.2 Å². The van der Waals surface area contributed by atoms with Crippen molar-refractivity contribution in [2.24, 2.45) is 0 Å². The molecule has 0 aromatic carbocycles. The highest BCUT2D eigenvalue weighted by Gasteiger charge is 2.23. The molecular weight excluding hydrogens is 310 g/mol. The van der Waals surface area contributed by atoms with E-state index >= 15 is 0 Å². The van der Waals surface area contributed by atoms with E-state index in [1.807, 2.05) is 0 Å². The second kappa shape index (κ2) is 9.09. The van der Waals surface area contributed by atoms with Gasteiger partial charge in [0.15, 0.2) is 4.84 Å². The summed E-state index contributed by atoms with van der Waals surface area (Å²) in [5.41, 5.74) is 0. The van der Waals surface area contributed by atoms with E-state index in [0.717, 1.165) is 0 Å². The summed E-state index contributed by atoms with van der Waals surface area (Å²) >= 11 is 21.9. The Hall–Kier alpha value is 0.1000. The molecule has 0 bridgehead atoms. The lowest BCUT2D eigenvalue weighted by Crippen LogP contribution is -2.49. The zero-order valence-corrected chi connectivity index (χ0v) is 12.3. The molecule has 0 saturated carbocycles. The summed E-state index contributed by atoms with van der Waals surface area (Å²) in [7, 11) is 0. The van der Waals surface area contributed by atoms with Gasteiger partial charge in [0.2, 0.25) is 5.91 Å². The van der Waals surface area contributed by atoms with Crippen molar-refractivity contribution in [3.8, 4) is 0 Å². The van der Waals surface area contributed by atoms with Crippen molar-refractivity contribution in [2.75, 3.05) is 24.8 Å². The number of nitrogens with one attached hydrogen (secondary N) is 1. The Morgan fingerprint density at radius 1 is 1.18 bits per heavy atom. The molecule has 2 amide bonds. The molecule has 100 valence electrons. The molecule has 0 rings (SSSR count). The van der Waals surface area contributed by atoms with Crippen LogP contribution in [0.2, 0.25) is 0 Å². The number of nitrogens with zero attached hydrogens (tertiary/aromatic N) is 1. The van der Waals surface area contributed by atoms with Crippen molar-refractivity contribution in [2.45, 2.75) is 17.8 Å². The lowest BCUT2D eigenvalue weighted by Gasteiger charge is -2.24. The van der Waals surface area contributed by atoms with Crippen LogP contribution in [0.3, 0.4) is 0 Å². The molecule has 1 atom stereocenters.